The Morgan fingerprint density at radius 1 is 1.10 bits per heavy atom. The summed E-state index contributed by atoms with van der Waals surface area (Å²) in [7, 11) is 3.91. The second kappa shape index (κ2) is 11.8. The second-order valence-electron chi connectivity index (χ2n) is 7.70. The Morgan fingerprint density at radius 2 is 1.77 bits per heavy atom. The highest BCUT2D eigenvalue weighted by molar-refractivity contribution is 7.09. The molecule has 8 heteroatoms. The van der Waals surface area contributed by atoms with E-state index >= 15 is 0 Å². The van der Waals surface area contributed by atoms with Crippen molar-refractivity contribution in [3.63, 3.8) is 0 Å². The van der Waals surface area contributed by atoms with Gasteiger partial charge in [0.15, 0.2) is 12.2 Å². The van der Waals surface area contributed by atoms with Crippen molar-refractivity contribution in [3.8, 4) is 0 Å². The molecule has 0 aliphatic rings. The van der Waals surface area contributed by atoms with Gasteiger partial charge in [-0.15, -0.1) is 11.3 Å². The van der Waals surface area contributed by atoms with Crippen LogP contribution in [0.3, 0.4) is 0 Å². The van der Waals surface area contributed by atoms with E-state index in [0.29, 0.717) is 25.9 Å². The molecule has 1 aromatic carbocycles. The first kappa shape index (κ1) is 24.8. The average molecular weight is 448 g/mol. The Labute approximate surface area is 188 Å². The minimum absolute atomic E-state index is 0.313. The predicted molar refractivity (Wildman–Crippen MR) is 124 cm³/mol. The van der Waals surface area contributed by atoms with Gasteiger partial charge in [-0.2, -0.15) is 0 Å². The van der Waals surface area contributed by atoms with Crippen LogP contribution >= 0.6 is 11.3 Å². The largest absolute Gasteiger partial charge is 0.380 e. The van der Waals surface area contributed by atoms with E-state index in [9.17, 15) is 19.8 Å². The van der Waals surface area contributed by atoms with E-state index in [1.165, 1.54) is 4.90 Å². The molecule has 2 amide bonds. The van der Waals surface area contributed by atoms with Crippen LogP contribution in [0.15, 0.2) is 41.8 Å². The van der Waals surface area contributed by atoms with Crippen molar-refractivity contribution >= 4 is 28.8 Å². The van der Waals surface area contributed by atoms with Gasteiger partial charge in [-0.3, -0.25) is 9.59 Å². The molecule has 0 bridgehead atoms. The predicted octanol–water partition coefficient (Wildman–Crippen LogP) is 2.19. The molecule has 0 saturated heterocycles. The standard InChI is InChI=1S/C23H33N3O4S/c1-5-14-26(16(2)17-8-10-18(11-9-17)25(3)4)23(30)21(28)20(27)22(29)24-13-12-19-7-6-15-31-19/h6-11,15-16,20-21,27-28H,5,12-14H2,1-4H3,(H,24,29). The maximum absolute atomic E-state index is 13.0. The van der Waals surface area contributed by atoms with Crippen LogP contribution in [0.1, 0.15) is 36.8 Å². The lowest BCUT2D eigenvalue weighted by Crippen LogP contribution is -2.51. The number of carbonyl (C=O) groups excluding carboxylic acids is 2. The Kier molecular flexibility index (Phi) is 9.48. The van der Waals surface area contributed by atoms with Crippen molar-refractivity contribution in [1.29, 1.82) is 0 Å². The molecule has 0 aliphatic carbocycles. The van der Waals surface area contributed by atoms with Crippen LogP contribution in [-0.2, 0) is 16.0 Å². The van der Waals surface area contributed by atoms with E-state index in [-0.39, 0.29) is 6.04 Å². The fourth-order valence-corrected chi connectivity index (χ4v) is 3.99. The summed E-state index contributed by atoms with van der Waals surface area (Å²) in [4.78, 5) is 29.8. The minimum Gasteiger partial charge on any atom is -0.380 e. The number of nitrogens with one attached hydrogen (secondary N) is 1. The summed E-state index contributed by atoms with van der Waals surface area (Å²) in [5.74, 6) is -1.41. The van der Waals surface area contributed by atoms with Crippen molar-refractivity contribution < 1.29 is 19.8 Å². The summed E-state index contributed by atoms with van der Waals surface area (Å²) in [6, 6.07) is 11.4. The zero-order chi connectivity index (χ0) is 23.0. The number of carbonyl (C=O) groups is 2. The van der Waals surface area contributed by atoms with Gasteiger partial charge >= 0.3 is 0 Å². The quantitative estimate of drug-likeness (QED) is 0.491. The summed E-state index contributed by atoms with van der Waals surface area (Å²) in [5, 5.41) is 25.2. The van der Waals surface area contributed by atoms with E-state index in [1.54, 1.807) is 11.3 Å². The Bertz CT molecular complexity index is 824. The summed E-state index contributed by atoms with van der Waals surface area (Å²) >= 11 is 1.58. The second-order valence-corrected chi connectivity index (χ2v) is 8.74. The number of amides is 2. The molecule has 170 valence electrons. The molecule has 3 atom stereocenters. The van der Waals surface area contributed by atoms with Gasteiger partial charge in [0.25, 0.3) is 11.8 Å². The zero-order valence-electron chi connectivity index (χ0n) is 18.6. The molecule has 3 N–H and O–H groups in total. The van der Waals surface area contributed by atoms with Crippen LogP contribution in [0.2, 0.25) is 0 Å². The Hall–Kier alpha value is -2.42. The molecule has 1 aromatic heterocycles. The third-order valence-electron chi connectivity index (χ3n) is 5.18. The number of thiophene rings is 1. The molecule has 2 rings (SSSR count). The smallest absolute Gasteiger partial charge is 0.255 e. The summed E-state index contributed by atoms with van der Waals surface area (Å²) in [6.07, 6.45) is -2.33. The van der Waals surface area contributed by atoms with Crippen LogP contribution in [0.4, 0.5) is 5.69 Å². The number of rotatable bonds is 11. The molecule has 3 unspecified atom stereocenters. The first-order valence-corrected chi connectivity index (χ1v) is 11.4. The minimum atomic E-state index is -1.82. The van der Waals surface area contributed by atoms with E-state index in [2.05, 4.69) is 5.32 Å². The van der Waals surface area contributed by atoms with Crippen LogP contribution < -0.4 is 10.2 Å². The normalized spacial score (nSPS) is 13.9. The first-order chi connectivity index (χ1) is 14.8. The van der Waals surface area contributed by atoms with Crippen LogP contribution in [0.25, 0.3) is 0 Å². The van der Waals surface area contributed by atoms with Gasteiger partial charge in [0.05, 0.1) is 6.04 Å². The molecule has 0 aliphatic heterocycles. The zero-order valence-corrected chi connectivity index (χ0v) is 19.4. The number of aliphatic hydroxyl groups is 2. The maximum Gasteiger partial charge on any atom is 0.255 e. The van der Waals surface area contributed by atoms with Crippen molar-refractivity contribution in [1.82, 2.24) is 10.2 Å². The highest BCUT2D eigenvalue weighted by atomic mass is 32.1. The van der Waals surface area contributed by atoms with E-state index in [4.69, 9.17) is 0 Å². The van der Waals surface area contributed by atoms with Gasteiger partial charge in [-0.05, 0) is 48.9 Å². The van der Waals surface area contributed by atoms with Crippen molar-refractivity contribution in [2.24, 2.45) is 0 Å². The molecule has 0 radical (unpaired) electrons. The molecule has 1 heterocycles. The first-order valence-electron chi connectivity index (χ1n) is 10.5. The third-order valence-corrected chi connectivity index (χ3v) is 6.11. The highest BCUT2D eigenvalue weighted by Gasteiger charge is 2.35. The lowest BCUT2D eigenvalue weighted by molar-refractivity contribution is -0.154. The Morgan fingerprint density at radius 3 is 2.32 bits per heavy atom. The van der Waals surface area contributed by atoms with E-state index in [1.807, 2.05) is 74.6 Å². The van der Waals surface area contributed by atoms with Crippen molar-refractivity contribution in [2.75, 3.05) is 32.1 Å². The van der Waals surface area contributed by atoms with Gasteiger partial charge in [-0.1, -0.05) is 25.1 Å². The van der Waals surface area contributed by atoms with Crippen LogP contribution in [-0.4, -0.2) is 66.3 Å². The van der Waals surface area contributed by atoms with Gasteiger partial charge < -0.3 is 25.3 Å². The summed E-state index contributed by atoms with van der Waals surface area (Å²) in [5.41, 5.74) is 1.95. The average Bonchev–Trinajstić information content (AvgIpc) is 3.29. The SMILES string of the molecule is CCCN(C(=O)C(O)C(O)C(=O)NCCc1cccs1)C(C)c1ccc(N(C)C)cc1. The lowest BCUT2D eigenvalue weighted by Gasteiger charge is -2.32. The van der Waals surface area contributed by atoms with Gasteiger partial charge in [0.1, 0.15) is 0 Å². The van der Waals surface area contributed by atoms with Crippen LogP contribution in [0.5, 0.6) is 0 Å². The fraction of sp³-hybridized carbons (Fsp3) is 0.478. The molecule has 0 spiro atoms. The lowest BCUT2D eigenvalue weighted by atomic mass is 10.0. The summed E-state index contributed by atoms with van der Waals surface area (Å²) in [6.45, 7) is 4.53. The van der Waals surface area contributed by atoms with Crippen molar-refractivity contribution in [2.45, 2.75) is 44.9 Å². The molecule has 7 nitrogen and oxygen atoms in total. The number of benzene rings is 1. The van der Waals surface area contributed by atoms with E-state index < -0.39 is 24.0 Å². The number of nitrogens with zero attached hydrogens (tertiary/aromatic N) is 2. The monoisotopic (exact) mass is 447 g/mol. The van der Waals surface area contributed by atoms with E-state index in [0.717, 1.165) is 16.1 Å². The third kappa shape index (κ3) is 6.78. The molecule has 31 heavy (non-hydrogen) atoms. The number of aliphatic hydroxyl groups excluding tert-OH is 2. The van der Waals surface area contributed by atoms with Crippen molar-refractivity contribution in [3.05, 3.63) is 52.2 Å². The molecular formula is C23H33N3O4S. The number of hydrogen-bond donors (Lipinski definition) is 3. The van der Waals surface area contributed by atoms with Gasteiger partial charge in [-0.25, -0.2) is 0 Å². The number of anilines is 1. The molecule has 0 saturated carbocycles. The fourth-order valence-electron chi connectivity index (χ4n) is 3.28. The number of hydrogen-bond acceptors (Lipinski definition) is 6. The van der Waals surface area contributed by atoms with Gasteiger partial charge in [0.2, 0.25) is 0 Å². The maximum atomic E-state index is 13.0. The highest BCUT2D eigenvalue weighted by Crippen LogP contribution is 2.24. The van der Waals surface area contributed by atoms with Crippen LogP contribution in [0, 0.1) is 0 Å². The Balaban J connectivity index is 2.01. The van der Waals surface area contributed by atoms with Gasteiger partial charge in [0, 0.05) is 37.7 Å². The topological polar surface area (TPSA) is 93.1 Å². The molecular weight excluding hydrogens is 414 g/mol. The molecule has 0 fully saturated rings. The molecule has 2 aromatic rings. The summed E-state index contributed by atoms with van der Waals surface area (Å²) < 4.78 is 0.